The zero-order valence-electron chi connectivity index (χ0n) is 15.3. The Bertz CT molecular complexity index is 711. The van der Waals surface area contributed by atoms with Crippen LogP contribution in [-0.4, -0.2) is 38.7 Å². The summed E-state index contributed by atoms with van der Waals surface area (Å²) in [6.45, 7) is 11.2. The Morgan fingerprint density at radius 1 is 1.25 bits per heavy atom. The van der Waals surface area contributed by atoms with E-state index in [2.05, 4.69) is 18.7 Å². The summed E-state index contributed by atoms with van der Waals surface area (Å²) in [6.07, 6.45) is 1.89. The van der Waals surface area contributed by atoms with E-state index in [1.807, 2.05) is 38.1 Å². The van der Waals surface area contributed by atoms with Crippen molar-refractivity contribution in [2.24, 2.45) is 11.8 Å². The summed E-state index contributed by atoms with van der Waals surface area (Å²) in [7, 11) is 0. The van der Waals surface area contributed by atoms with E-state index >= 15 is 0 Å². The first-order valence-electron chi connectivity index (χ1n) is 9.02. The smallest absolute Gasteiger partial charge is 0.0890 e. The van der Waals surface area contributed by atoms with Crippen molar-refractivity contribution in [3.63, 3.8) is 0 Å². The molecular formula is C20H29N3O. The number of piperidine rings is 1. The van der Waals surface area contributed by atoms with Crippen molar-refractivity contribution in [1.82, 2.24) is 14.9 Å². The van der Waals surface area contributed by atoms with Gasteiger partial charge in [-0.2, -0.15) is 0 Å². The molecule has 1 aromatic heterocycles. The molecule has 1 saturated heterocycles. The van der Waals surface area contributed by atoms with Gasteiger partial charge in [0.25, 0.3) is 0 Å². The summed E-state index contributed by atoms with van der Waals surface area (Å²) in [5.41, 5.74) is 3.43. The van der Waals surface area contributed by atoms with Gasteiger partial charge in [-0.1, -0.05) is 26.0 Å². The number of para-hydroxylation sites is 2. The molecular weight excluding hydrogens is 298 g/mol. The van der Waals surface area contributed by atoms with Gasteiger partial charge in [-0.15, -0.1) is 0 Å². The number of aliphatic hydroxyl groups is 1. The molecule has 1 aromatic carbocycles. The summed E-state index contributed by atoms with van der Waals surface area (Å²) in [5.74, 6) is 0.920. The van der Waals surface area contributed by atoms with Crippen LogP contribution in [0.2, 0.25) is 0 Å². The van der Waals surface area contributed by atoms with Gasteiger partial charge >= 0.3 is 0 Å². The normalized spacial score (nSPS) is 25.5. The van der Waals surface area contributed by atoms with Crippen LogP contribution in [0.3, 0.4) is 0 Å². The predicted octanol–water partition coefficient (Wildman–Crippen LogP) is 3.56. The first-order valence-corrected chi connectivity index (χ1v) is 9.02. The van der Waals surface area contributed by atoms with Crippen LogP contribution in [-0.2, 0) is 6.54 Å². The molecule has 2 heterocycles. The molecule has 130 valence electrons. The number of likely N-dealkylation sites (tertiary alicyclic amines) is 1. The number of aromatic nitrogens is 2. The van der Waals surface area contributed by atoms with E-state index in [9.17, 15) is 5.11 Å². The van der Waals surface area contributed by atoms with Crippen LogP contribution >= 0.6 is 0 Å². The highest BCUT2D eigenvalue weighted by atomic mass is 16.3. The fraction of sp³-hybridized carbons (Fsp3) is 0.600. The van der Waals surface area contributed by atoms with Gasteiger partial charge in [-0.3, -0.25) is 4.90 Å². The Kier molecular flexibility index (Phi) is 4.88. The Labute approximate surface area is 144 Å². The van der Waals surface area contributed by atoms with Crippen LogP contribution in [0.5, 0.6) is 0 Å². The summed E-state index contributed by atoms with van der Waals surface area (Å²) < 4.78 is 0. The van der Waals surface area contributed by atoms with Gasteiger partial charge in [0, 0.05) is 25.6 Å². The Morgan fingerprint density at radius 2 is 1.92 bits per heavy atom. The Morgan fingerprint density at radius 3 is 2.58 bits per heavy atom. The average molecular weight is 327 g/mol. The average Bonchev–Trinajstić information content (AvgIpc) is 2.51. The molecule has 0 unspecified atom stereocenters. The second kappa shape index (κ2) is 6.77. The number of hydrogen-bond donors (Lipinski definition) is 1. The predicted molar refractivity (Wildman–Crippen MR) is 97.7 cm³/mol. The lowest BCUT2D eigenvalue weighted by molar-refractivity contribution is -0.0666. The van der Waals surface area contributed by atoms with Gasteiger partial charge in [-0.25, -0.2) is 9.97 Å². The molecule has 0 bridgehead atoms. The SMILES string of the molecule is Cc1nc2ccccc2nc1CN1CC[C@](C)(O)[C@H](CC(C)C)C1. The van der Waals surface area contributed by atoms with Crippen molar-refractivity contribution in [2.75, 3.05) is 13.1 Å². The van der Waals surface area contributed by atoms with Crippen LogP contribution < -0.4 is 0 Å². The lowest BCUT2D eigenvalue weighted by Crippen LogP contribution is -2.50. The molecule has 0 aliphatic carbocycles. The van der Waals surface area contributed by atoms with Crippen molar-refractivity contribution in [1.29, 1.82) is 0 Å². The molecule has 1 aliphatic heterocycles. The van der Waals surface area contributed by atoms with Crippen molar-refractivity contribution >= 4 is 11.0 Å². The van der Waals surface area contributed by atoms with E-state index in [0.717, 1.165) is 54.9 Å². The van der Waals surface area contributed by atoms with E-state index < -0.39 is 5.60 Å². The summed E-state index contributed by atoms with van der Waals surface area (Å²) in [6, 6.07) is 8.04. The van der Waals surface area contributed by atoms with Gasteiger partial charge in [0.05, 0.1) is 28.0 Å². The Balaban J connectivity index is 1.77. The second-order valence-corrected chi connectivity index (χ2v) is 7.91. The molecule has 4 heteroatoms. The zero-order chi connectivity index (χ0) is 17.3. The third kappa shape index (κ3) is 3.76. The molecule has 0 spiro atoms. The molecule has 0 amide bonds. The quantitative estimate of drug-likeness (QED) is 0.933. The maximum Gasteiger partial charge on any atom is 0.0890 e. The number of rotatable bonds is 4. The Hall–Kier alpha value is -1.52. The summed E-state index contributed by atoms with van der Waals surface area (Å²) >= 11 is 0. The number of hydrogen-bond acceptors (Lipinski definition) is 4. The minimum absolute atomic E-state index is 0.319. The minimum Gasteiger partial charge on any atom is -0.390 e. The second-order valence-electron chi connectivity index (χ2n) is 7.91. The lowest BCUT2D eigenvalue weighted by Gasteiger charge is -2.43. The van der Waals surface area contributed by atoms with Crippen molar-refractivity contribution in [3.8, 4) is 0 Å². The largest absolute Gasteiger partial charge is 0.390 e. The third-order valence-electron chi connectivity index (χ3n) is 5.26. The van der Waals surface area contributed by atoms with Gasteiger partial charge in [0.2, 0.25) is 0 Å². The first kappa shape index (κ1) is 17.3. The molecule has 2 atom stereocenters. The number of fused-ring (bicyclic) bond motifs is 1. The fourth-order valence-electron chi connectivity index (χ4n) is 3.72. The zero-order valence-corrected chi connectivity index (χ0v) is 15.3. The monoisotopic (exact) mass is 327 g/mol. The molecule has 2 aromatic rings. The van der Waals surface area contributed by atoms with Gasteiger partial charge in [0.1, 0.15) is 0 Å². The fourth-order valence-corrected chi connectivity index (χ4v) is 3.72. The van der Waals surface area contributed by atoms with E-state index in [0.29, 0.717) is 11.8 Å². The van der Waals surface area contributed by atoms with Gasteiger partial charge < -0.3 is 5.11 Å². The molecule has 4 nitrogen and oxygen atoms in total. The maximum atomic E-state index is 10.7. The van der Waals surface area contributed by atoms with Crippen LogP contribution in [0.25, 0.3) is 11.0 Å². The van der Waals surface area contributed by atoms with Crippen LogP contribution in [0.1, 0.15) is 45.0 Å². The molecule has 3 rings (SSSR count). The molecule has 0 saturated carbocycles. The van der Waals surface area contributed by atoms with E-state index in [4.69, 9.17) is 9.97 Å². The highest BCUT2D eigenvalue weighted by Gasteiger charge is 2.37. The number of aryl methyl sites for hydroxylation is 1. The highest BCUT2D eigenvalue weighted by molar-refractivity contribution is 5.74. The first-order chi connectivity index (χ1) is 11.3. The van der Waals surface area contributed by atoms with Crippen LogP contribution in [0.4, 0.5) is 0 Å². The lowest BCUT2D eigenvalue weighted by atomic mass is 9.78. The standard InChI is InChI=1S/C20H29N3O/c1-14(2)11-16-12-23(10-9-20(16,4)24)13-19-15(3)21-17-7-5-6-8-18(17)22-19/h5-8,14,16,24H,9-13H2,1-4H3/t16-,20+/m1/s1. The van der Waals surface area contributed by atoms with Crippen molar-refractivity contribution in [2.45, 2.75) is 52.7 Å². The minimum atomic E-state index is -0.551. The highest BCUT2D eigenvalue weighted by Crippen LogP contribution is 2.33. The van der Waals surface area contributed by atoms with E-state index in [1.165, 1.54) is 0 Å². The molecule has 24 heavy (non-hydrogen) atoms. The van der Waals surface area contributed by atoms with Crippen molar-refractivity contribution in [3.05, 3.63) is 35.7 Å². The third-order valence-corrected chi connectivity index (χ3v) is 5.26. The molecule has 1 N–H and O–H groups in total. The molecule has 0 radical (unpaired) electrons. The van der Waals surface area contributed by atoms with Gasteiger partial charge in [-0.05, 0) is 44.7 Å². The van der Waals surface area contributed by atoms with Crippen LogP contribution in [0.15, 0.2) is 24.3 Å². The molecule has 1 aliphatic rings. The van der Waals surface area contributed by atoms with E-state index in [-0.39, 0.29) is 0 Å². The van der Waals surface area contributed by atoms with Crippen LogP contribution in [0, 0.1) is 18.8 Å². The van der Waals surface area contributed by atoms with Crippen molar-refractivity contribution < 1.29 is 5.11 Å². The molecule has 1 fully saturated rings. The summed E-state index contributed by atoms with van der Waals surface area (Å²) in [4.78, 5) is 12.0. The number of nitrogens with zero attached hydrogens (tertiary/aromatic N) is 3. The van der Waals surface area contributed by atoms with Gasteiger partial charge in [0.15, 0.2) is 0 Å². The maximum absolute atomic E-state index is 10.7. The van der Waals surface area contributed by atoms with E-state index in [1.54, 1.807) is 0 Å². The summed E-state index contributed by atoms with van der Waals surface area (Å²) in [5, 5.41) is 10.7. The topological polar surface area (TPSA) is 49.2 Å². The number of benzene rings is 1.